The molecular weight excluding hydrogens is 291 g/mol. The van der Waals surface area contributed by atoms with Gasteiger partial charge in [0.2, 0.25) is 5.91 Å². The van der Waals surface area contributed by atoms with Gasteiger partial charge in [-0.05, 0) is 24.8 Å². The Kier molecular flexibility index (Phi) is 5.70. The van der Waals surface area contributed by atoms with Crippen LogP contribution < -0.4 is 11.1 Å². The van der Waals surface area contributed by atoms with E-state index >= 15 is 0 Å². The van der Waals surface area contributed by atoms with Crippen molar-refractivity contribution in [2.45, 2.75) is 38.5 Å². The van der Waals surface area contributed by atoms with Gasteiger partial charge in [-0.15, -0.1) is 0 Å². The van der Waals surface area contributed by atoms with Gasteiger partial charge in [-0.1, -0.05) is 44.2 Å². The minimum Gasteiger partial charge on any atom is -0.338 e. The predicted octanol–water partition coefficient (Wildman–Crippen LogP) is 1.22. The number of carbonyl (C=O) groups excluding carboxylic acids is 1. The largest absolute Gasteiger partial charge is 0.350 e. The number of nitrogens with two attached hydrogens (primary N) is 1. The standard InChI is InChI=1S/C14H23N2O4P/c1-10(2)14(3,21(18,19)20)16-13(17)12(15)9-11-7-5-4-6-8-11/h4-8,10,12H,9,15H2,1-3H3,(H,16,17)(H2,18,19,20)/t12-,14?/m0/s1. The highest BCUT2D eigenvalue weighted by atomic mass is 31.2. The molecule has 1 aromatic carbocycles. The smallest absolute Gasteiger partial charge is 0.338 e. The highest BCUT2D eigenvalue weighted by Gasteiger charge is 2.46. The number of hydrogen-bond acceptors (Lipinski definition) is 3. The zero-order valence-corrected chi connectivity index (χ0v) is 13.4. The molecule has 21 heavy (non-hydrogen) atoms. The van der Waals surface area contributed by atoms with Crippen molar-refractivity contribution in [3.63, 3.8) is 0 Å². The number of hydrogen-bond donors (Lipinski definition) is 4. The molecule has 7 heteroatoms. The molecule has 0 spiro atoms. The summed E-state index contributed by atoms with van der Waals surface area (Å²) in [4.78, 5) is 31.1. The Hall–Kier alpha value is -1.20. The second kappa shape index (κ2) is 6.71. The molecule has 1 unspecified atom stereocenters. The molecule has 5 N–H and O–H groups in total. The average Bonchev–Trinajstić information content (AvgIpc) is 2.38. The van der Waals surface area contributed by atoms with Crippen LogP contribution in [0.25, 0.3) is 0 Å². The molecule has 0 aliphatic heterocycles. The fourth-order valence-corrected chi connectivity index (χ4v) is 2.78. The van der Waals surface area contributed by atoms with E-state index in [9.17, 15) is 19.1 Å². The molecule has 0 bridgehead atoms. The second-order valence-corrected chi connectivity index (χ2v) is 7.65. The minimum atomic E-state index is -4.51. The number of carbonyl (C=O) groups is 1. The summed E-state index contributed by atoms with van der Waals surface area (Å²) in [6, 6.07) is 8.37. The second-order valence-electron chi connectivity index (χ2n) is 5.63. The number of rotatable bonds is 6. The first-order valence-corrected chi connectivity index (χ1v) is 8.36. The van der Waals surface area contributed by atoms with Crippen LogP contribution in [0.2, 0.25) is 0 Å². The maximum Gasteiger partial charge on any atom is 0.350 e. The van der Waals surface area contributed by atoms with Crippen molar-refractivity contribution in [2.75, 3.05) is 0 Å². The van der Waals surface area contributed by atoms with Crippen LogP contribution in [0.4, 0.5) is 0 Å². The fourth-order valence-electron chi connectivity index (χ4n) is 1.86. The summed E-state index contributed by atoms with van der Waals surface area (Å²) in [7, 11) is -4.51. The van der Waals surface area contributed by atoms with E-state index < -0.39 is 30.7 Å². The SMILES string of the molecule is CC(C)C(C)(NC(=O)[C@@H](N)Cc1ccccc1)P(=O)(O)O. The Morgan fingerprint density at radius 3 is 2.29 bits per heavy atom. The number of benzene rings is 1. The normalized spacial score (nSPS) is 16.3. The van der Waals surface area contributed by atoms with Crippen molar-refractivity contribution in [2.24, 2.45) is 11.7 Å². The quantitative estimate of drug-likeness (QED) is 0.590. The first-order valence-electron chi connectivity index (χ1n) is 6.75. The molecule has 0 fully saturated rings. The molecule has 0 aliphatic rings. The lowest BCUT2D eigenvalue weighted by atomic mass is 10.0. The van der Waals surface area contributed by atoms with E-state index in [2.05, 4.69) is 5.32 Å². The topological polar surface area (TPSA) is 113 Å². The van der Waals surface area contributed by atoms with Crippen LogP contribution in [0.1, 0.15) is 26.3 Å². The highest BCUT2D eigenvalue weighted by Crippen LogP contribution is 2.52. The van der Waals surface area contributed by atoms with Crippen molar-refractivity contribution < 1.29 is 19.1 Å². The van der Waals surface area contributed by atoms with E-state index in [1.165, 1.54) is 6.92 Å². The third-order valence-electron chi connectivity index (χ3n) is 3.74. The van der Waals surface area contributed by atoms with Crippen molar-refractivity contribution in [3.05, 3.63) is 35.9 Å². The summed E-state index contributed by atoms with van der Waals surface area (Å²) in [6.07, 6.45) is 0.308. The van der Waals surface area contributed by atoms with Gasteiger partial charge in [0.15, 0.2) is 0 Å². The lowest BCUT2D eigenvalue weighted by Crippen LogP contribution is -2.54. The van der Waals surface area contributed by atoms with Crippen molar-refractivity contribution in [3.8, 4) is 0 Å². The summed E-state index contributed by atoms with van der Waals surface area (Å²) in [5.74, 6) is -1.01. The van der Waals surface area contributed by atoms with Crippen molar-refractivity contribution in [1.29, 1.82) is 0 Å². The molecule has 0 saturated heterocycles. The lowest BCUT2D eigenvalue weighted by Gasteiger charge is -2.35. The molecule has 1 aromatic rings. The molecule has 1 rings (SSSR count). The van der Waals surface area contributed by atoms with Crippen LogP contribution in [-0.2, 0) is 15.8 Å². The predicted molar refractivity (Wildman–Crippen MR) is 81.6 cm³/mol. The van der Waals surface area contributed by atoms with Gasteiger partial charge in [-0.2, -0.15) is 0 Å². The Morgan fingerprint density at radius 1 is 1.33 bits per heavy atom. The summed E-state index contributed by atoms with van der Waals surface area (Å²) in [6.45, 7) is 4.62. The molecule has 118 valence electrons. The third kappa shape index (κ3) is 4.38. The zero-order chi connectivity index (χ0) is 16.3. The molecule has 0 aromatic heterocycles. The maximum absolute atomic E-state index is 12.1. The Labute approximate surface area is 124 Å². The van der Waals surface area contributed by atoms with E-state index in [0.29, 0.717) is 6.42 Å². The summed E-state index contributed by atoms with van der Waals surface area (Å²) < 4.78 is 11.6. The van der Waals surface area contributed by atoms with Crippen molar-refractivity contribution >= 4 is 13.5 Å². The van der Waals surface area contributed by atoms with Crippen molar-refractivity contribution in [1.82, 2.24) is 5.32 Å². The first-order chi connectivity index (χ1) is 9.58. The molecule has 0 radical (unpaired) electrons. The Balaban J connectivity index is 2.81. The molecule has 0 heterocycles. The summed E-state index contributed by atoms with van der Waals surface area (Å²) >= 11 is 0. The van der Waals surface area contributed by atoms with Crippen LogP contribution in [0.3, 0.4) is 0 Å². The molecule has 1 amide bonds. The van der Waals surface area contributed by atoms with Crippen LogP contribution in [0.5, 0.6) is 0 Å². The lowest BCUT2D eigenvalue weighted by molar-refractivity contribution is -0.123. The van der Waals surface area contributed by atoms with Gasteiger partial charge in [0, 0.05) is 0 Å². The Bertz CT molecular complexity index is 529. The van der Waals surface area contributed by atoms with E-state index in [1.54, 1.807) is 13.8 Å². The van der Waals surface area contributed by atoms with E-state index in [-0.39, 0.29) is 0 Å². The molecule has 0 aliphatic carbocycles. The summed E-state index contributed by atoms with van der Waals surface area (Å²) in [5.41, 5.74) is 6.73. The molecule has 6 nitrogen and oxygen atoms in total. The zero-order valence-electron chi connectivity index (χ0n) is 12.5. The van der Waals surface area contributed by atoms with Crippen LogP contribution in [-0.4, -0.2) is 27.0 Å². The van der Waals surface area contributed by atoms with Crippen LogP contribution in [0.15, 0.2) is 30.3 Å². The van der Waals surface area contributed by atoms with Gasteiger partial charge in [-0.3, -0.25) is 9.36 Å². The third-order valence-corrected chi connectivity index (χ3v) is 5.58. The van der Waals surface area contributed by atoms with Gasteiger partial charge < -0.3 is 20.8 Å². The van der Waals surface area contributed by atoms with E-state index in [1.807, 2.05) is 30.3 Å². The maximum atomic E-state index is 12.1. The number of nitrogens with one attached hydrogen (secondary N) is 1. The van der Waals surface area contributed by atoms with E-state index in [0.717, 1.165) is 5.56 Å². The summed E-state index contributed by atoms with van der Waals surface area (Å²) in [5, 5.41) is 0.799. The van der Waals surface area contributed by atoms with Gasteiger partial charge in [-0.25, -0.2) is 0 Å². The Morgan fingerprint density at radius 2 is 1.86 bits per heavy atom. The van der Waals surface area contributed by atoms with Gasteiger partial charge in [0.1, 0.15) is 5.28 Å². The van der Waals surface area contributed by atoms with Crippen LogP contribution >= 0.6 is 7.60 Å². The minimum absolute atomic E-state index is 0.308. The fraction of sp³-hybridized carbons (Fsp3) is 0.500. The first kappa shape index (κ1) is 17.9. The van der Waals surface area contributed by atoms with Gasteiger partial charge in [0.05, 0.1) is 6.04 Å². The average molecular weight is 314 g/mol. The molecule has 0 saturated carbocycles. The molecule has 2 atom stereocenters. The molecular formula is C14H23N2O4P. The van der Waals surface area contributed by atoms with Gasteiger partial charge in [0.25, 0.3) is 0 Å². The highest BCUT2D eigenvalue weighted by molar-refractivity contribution is 7.53. The monoisotopic (exact) mass is 314 g/mol. The number of amides is 1. The van der Waals surface area contributed by atoms with E-state index in [4.69, 9.17) is 5.73 Å². The van der Waals surface area contributed by atoms with Crippen LogP contribution in [0, 0.1) is 5.92 Å². The van der Waals surface area contributed by atoms with Gasteiger partial charge >= 0.3 is 7.60 Å².